The molecule has 1 amide bonds. The summed E-state index contributed by atoms with van der Waals surface area (Å²) in [7, 11) is 0. The Bertz CT molecular complexity index is 672. The number of nitrogen functional groups attached to an aromatic ring is 1. The van der Waals surface area contributed by atoms with Crippen LogP contribution in [0.5, 0.6) is 0 Å². The molecule has 5 heteroatoms. The van der Waals surface area contributed by atoms with Crippen molar-refractivity contribution >= 4 is 33.0 Å². The van der Waals surface area contributed by atoms with Gasteiger partial charge >= 0.3 is 0 Å². The smallest absolute Gasteiger partial charge is 0.264 e. The quantitative estimate of drug-likeness (QED) is 0.847. The van der Waals surface area contributed by atoms with E-state index in [4.69, 9.17) is 12.2 Å². The molecule has 0 aliphatic rings. The van der Waals surface area contributed by atoms with E-state index in [-0.39, 0.29) is 17.6 Å². The molecule has 1 aromatic heterocycles. The van der Waals surface area contributed by atoms with E-state index in [0.29, 0.717) is 21.4 Å². The summed E-state index contributed by atoms with van der Waals surface area (Å²) in [6, 6.07) is 4.30. The first-order valence-electron chi connectivity index (χ1n) is 5.82. The number of thiophene rings is 1. The number of halogens is 1. The predicted octanol–water partition coefficient (Wildman–Crippen LogP) is 2.76. The summed E-state index contributed by atoms with van der Waals surface area (Å²) in [4.78, 5) is 12.4. The molecule has 3 N–H and O–H groups in total. The summed E-state index contributed by atoms with van der Waals surface area (Å²) >= 11 is 1.16. The Hall–Kier alpha value is -2.06. The third-order valence-electron chi connectivity index (χ3n) is 2.82. The van der Waals surface area contributed by atoms with Crippen LogP contribution in [0.2, 0.25) is 0 Å². The van der Waals surface area contributed by atoms with Gasteiger partial charge in [-0.2, -0.15) is 0 Å². The third-order valence-corrected chi connectivity index (χ3v) is 3.99. The van der Waals surface area contributed by atoms with Crippen molar-refractivity contribution < 1.29 is 9.18 Å². The van der Waals surface area contributed by atoms with E-state index in [1.54, 1.807) is 12.1 Å². The normalized spacial score (nSPS) is 12.1. The molecule has 0 bridgehead atoms. The number of nitrogens with two attached hydrogens (primary N) is 1. The van der Waals surface area contributed by atoms with Gasteiger partial charge in [0.25, 0.3) is 5.91 Å². The van der Waals surface area contributed by atoms with Gasteiger partial charge in [-0.15, -0.1) is 17.8 Å². The van der Waals surface area contributed by atoms with Crippen LogP contribution in [0.25, 0.3) is 10.1 Å². The average Bonchev–Trinajstić information content (AvgIpc) is 2.74. The van der Waals surface area contributed by atoms with Gasteiger partial charge in [0.2, 0.25) is 0 Å². The average molecular weight is 276 g/mol. The summed E-state index contributed by atoms with van der Waals surface area (Å²) in [6.45, 7) is 1.87. The standard InChI is InChI=1S/C14H13FN2OS/c1-3-8(4-2)17-14(18)13-12(16)11-9(15)6-5-7-10(11)19-13/h1,5-8H,4,16H2,2H3,(H,17,18). The number of fused-ring (bicyclic) bond motifs is 1. The van der Waals surface area contributed by atoms with Gasteiger partial charge < -0.3 is 11.1 Å². The minimum absolute atomic E-state index is 0.169. The molecule has 19 heavy (non-hydrogen) atoms. The summed E-state index contributed by atoms with van der Waals surface area (Å²) in [5, 5.41) is 2.98. The van der Waals surface area contributed by atoms with Gasteiger partial charge in [0.05, 0.1) is 17.1 Å². The molecule has 1 atom stereocenters. The number of carbonyl (C=O) groups is 1. The second kappa shape index (κ2) is 5.29. The molecule has 2 rings (SSSR count). The van der Waals surface area contributed by atoms with E-state index < -0.39 is 5.82 Å². The number of anilines is 1. The van der Waals surface area contributed by atoms with Gasteiger partial charge in [-0.05, 0) is 18.6 Å². The first kappa shape index (κ1) is 13.4. The Kier molecular flexibility index (Phi) is 3.72. The molecule has 1 unspecified atom stereocenters. The fraction of sp³-hybridized carbons (Fsp3) is 0.214. The van der Waals surface area contributed by atoms with E-state index in [9.17, 15) is 9.18 Å². The van der Waals surface area contributed by atoms with Gasteiger partial charge in [0.15, 0.2) is 0 Å². The van der Waals surface area contributed by atoms with E-state index >= 15 is 0 Å². The molecule has 2 aromatic rings. The Labute approximate surface area is 114 Å². The topological polar surface area (TPSA) is 55.1 Å². The molecule has 0 radical (unpaired) electrons. The lowest BCUT2D eigenvalue weighted by molar-refractivity contribution is 0.0950. The highest BCUT2D eigenvalue weighted by Crippen LogP contribution is 2.35. The van der Waals surface area contributed by atoms with Crippen molar-refractivity contribution in [2.75, 3.05) is 5.73 Å². The van der Waals surface area contributed by atoms with Crippen LogP contribution in [0.1, 0.15) is 23.0 Å². The van der Waals surface area contributed by atoms with Gasteiger partial charge in [-0.3, -0.25) is 4.79 Å². The summed E-state index contributed by atoms with van der Waals surface area (Å²) in [6.07, 6.45) is 5.92. The number of benzene rings is 1. The molecule has 0 aliphatic carbocycles. The number of amides is 1. The molecule has 0 saturated heterocycles. The lowest BCUT2D eigenvalue weighted by atomic mass is 10.2. The second-order valence-electron chi connectivity index (χ2n) is 4.06. The highest BCUT2D eigenvalue weighted by molar-refractivity contribution is 7.21. The Morgan fingerprint density at radius 2 is 2.37 bits per heavy atom. The Balaban J connectivity index is 2.41. The van der Waals surface area contributed by atoms with Crippen LogP contribution < -0.4 is 11.1 Å². The molecule has 0 spiro atoms. The maximum atomic E-state index is 13.7. The van der Waals surface area contributed by atoms with Crippen molar-refractivity contribution in [3.63, 3.8) is 0 Å². The number of terminal acetylenes is 1. The predicted molar refractivity (Wildman–Crippen MR) is 76.6 cm³/mol. The number of nitrogens with one attached hydrogen (secondary N) is 1. The van der Waals surface area contributed by atoms with E-state index in [1.807, 2.05) is 6.92 Å². The third kappa shape index (κ3) is 2.40. The van der Waals surface area contributed by atoms with E-state index in [2.05, 4.69) is 11.2 Å². The first-order valence-corrected chi connectivity index (χ1v) is 6.63. The number of hydrogen-bond acceptors (Lipinski definition) is 3. The van der Waals surface area contributed by atoms with Crippen molar-refractivity contribution in [2.45, 2.75) is 19.4 Å². The van der Waals surface area contributed by atoms with Gasteiger partial charge in [0.1, 0.15) is 10.7 Å². The molecule has 3 nitrogen and oxygen atoms in total. The maximum Gasteiger partial charge on any atom is 0.264 e. The highest BCUT2D eigenvalue weighted by Gasteiger charge is 2.19. The summed E-state index contributed by atoms with van der Waals surface area (Å²) in [5.41, 5.74) is 6.03. The van der Waals surface area contributed by atoms with Gasteiger partial charge in [-0.1, -0.05) is 18.9 Å². The minimum Gasteiger partial charge on any atom is -0.397 e. The van der Waals surface area contributed by atoms with Crippen molar-refractivity contribution in [3.8, 4) is 12.3 Å². The number of hydrogen-bond donors (Lipinski definition) is 2. The van der Waals surface area contributed by atoms with Crippen LogP contribution in [0.15, 0.2) is 18.2 Å². The molecule has 0 aliphatic heterocycles. The van der Waals surface area contributed by atoms with Crippen LogP contribution >= 0.6 is 11.3 Å². The fourth-order valence-electron chi connectivity index (χ4n) is 1.78. The van der Waals surface area contributed by atoms with Gasteiger partial charge in [0, 0.05) is 4.70 Å². The van der Waals surface area contributed by atoms with Gasteiger partial charge in [-0.25, -0.2) is 4.39 Å². The summed E-state index contributed by atoms with van der Waals surface area (Å²) < 4.78 is 14.3. The van der Waals surface area contributed by atoms with Crippen LogP contribution in [0, 0.1) is 18.2 Å². The number of rotatable bonds is 3. The Morgan fingerprint density at radius 1 is 1.63 bits per heavy atom. The molecule has 0 saturated carbocycles. The fourth-order valence-corrected chi connectivity index (χ4v) is 2.82. The minimum atomic E-state index is -0.422. The van der Waals surface area contributed by atoms with Crippen molar-refractivity contribution in [1.29, 1.82) is 0 Å². The second-order valence-corrected chi connectivity index (χ2v) is 5.11. The zero-order chi connectivity index (χ0) is 14.0. The lowest BCUT2D eigenvalue weighted by Crippen LogP contribution is -2.33. The van der Waals surface area contributed by atoms with Crippen LogP contribution in [0.4, 0.5) is 10.1 Å². The lowest BCUT2D eigenvalue weighted by Gasteiger charge is -2.09. The Morgan fingerprint density at radius 3 is 2.95 bits per heavy atom. The molecule has 1 heterocycles. The number of carbonyl (C=O) groups excluding carboxylic acids is 1. The molecule has 98 valence electrons. The SMILES string of the molecule is C#CC(CC)NC(=O)c1sc2cccc(F)c2c1N. The van der Waals surface area contributed by atoms with Crippen LogP contribution in [-0.4, -0.2) is 11.9 Å². The van der Waals surface area contributed by atoms with Crippen molar-refractivity contribution in [3.05, 3.63) is 28.9 Å². The zero-order valence-electron chi connectivity index (χ0n) is 10.4. The van der Waals surface area contributed by atoms with Crippen LogP contribution in [-0.2, 0) is 0 Å². The van der Waals surface area contributed by atoms with E-state index in [0.717, 1.165) is 11.3 Å². The molecule has 1 aromatic carbocycles. The first-order chi connectivity index (χ1) is 9.08. The maximum absolute atomic E-state index is 13.7. The summed E-state index contributed by atoms with van der Waals surface area (Å²) in [5.74, 6) is 1.69. The monoisotopic (exact) mass is 276 g/mol. The molecular formula is C14H13FN2OS. The molecular weight excluding hydrogens is 263 g/mol. The highest BCUT2D eigenvalue weighted by atomic mass is 32.1. The zero-order valence-corrected chi connectivity index (χ0v) is 11.2. The van der Waals surface area contributed by atoms with Crippen LogP contribution in [0.3, 0.4) is 0 Å². The van der Waals surface area contributed by atoms with E-state index in [1.165, 1.54) is 6.07 Å². The largest absolute Gasteiger partial charge is 0.397 e. The van der Waals surface area contributed by atoms with Crippen molar-refractivity contribution in [1.82, 2.24) is 5.32 Å². The molecule has 0 fully saturated rings. The van der Waals surface area contributed by atoms with Crippen molar-refractivity contribution in [2.24, 2.45) is 0 Å².